The average molecular weight is 418 g/mol. The molecule has 164 valence electrons. The van der Waals surface area contributed by atoms with Gasteiger partial charge >= 0.3 is 11.9 Å². The Bertz CT molecular complexity index is 755. The Balaban J connectivity index is 1.69. The molecule has 3 rings (SSSR count). The fraction of sp³-hybridized carbons (Fsp3) is 0.591. The summed E-state index contributed by atoms with van der Waals surface area (Å²) < 4.78 is 5.53. The number of nitrogens with zero attached hydrogens (tertiary/aromatic N) is 1. The topological polar surface area (TPSA) is 116 Å². The predicted octanol–water partition coefficient (Wildman–Crippen LogP) is 1.53. The number of hydrogen-bond donors (Lipinski definition) is 3. The Morgan fingerprint density at radius 1 is 1.17 bits per heavy atom. The number of aliphatic carboxylic acids is 2. The second kappa shape index (κ2) is 10.0. The Hall–Kier alpha value is -2.45. The first kappa shape index (κ1) is 22.2. The lowest BCUT2D eigenvalue weighted by Gasteiger charge is -2.47. The molecule has 0 bridgehead atoms. The van der Waals surface area contributed by atoms with Gasteiger partial charge in [0.15, 0.2) is 0 Å². The van der Waals surface area contributed by atoms with E-state index in [-0.39, 0.29) is 17.9 Å². The number of fused-ring (bicyclic) bond motifs is 1. The van der Waals surface area contributed by atoms with Gasteiger partial charge in [-0.1, -0.05) is 30.3 Å². The zero-order chi connectivity index (χ0) is 21.7. The van der Waals surface area contributed by atoms with E-state index in [1.807, 2.05) is 30.3 Å². The van der Waals surface area contributed by atoms with Crippen LogP contribution in [0.3, 0.4) is 0 Å². The molecule has 0 saturated carbocycles. The van der Waals surface area contributed by atoms with Crippen molar-refractivity contribution in [2.24, 2.45) is 5.92 Å². The van der Waals surface area contributed by atoms with Crippen molar-refractivity contribution in [3.8, 4) is 0 Å². The van der Waals surface area contributed by atoms with Crippen molar-refractivity contribution in [2.45, 2.75) is 63.2 Å². The summed E-state index contributed by atoms with van der Waals surface area (Å²) in [6.45, 7) is 2.55. The minimum atomic E-state index is -1.03. The Kier molecular flexibility index (Phi) is 7.44. The van der Waals surface area contributed by atoms with E-state index in [9.17, 15) is 24.6 Å². The van der Waals surface area contributed by atoms with Crippen LogP contribution < -0.4 is 5.32 Å². The van der Waals surface area contributed by atoms with Gasteiger partial charge < -0.3 is 19.8 Å². The van der Waals surface area contributed by atoms with Gasteiger partial charge in [-0.3, -0.25) is 14.9 Å². The summed E-state index contributed by atoms with van der Waals surface area (Å²) in [4.78, 5) is 38.2. The Labute approximate surface area is 176 Å². The van der Waals surface area contributed by atoms with Gasteiger partial charge in [-0.25, -0.2) is 4.79 Å². The van der Waals surface area contributed by atoms with E-state index < -0.39 is 30.1 Å². The quantitative estimate of drug-likeness (QED) is 0.586. The second-order valence-corrected chi connectivity index (χ2v) is 8.17. The molecule has 1 amide bonds. The van der Waals surface area contributed by atoms with Crippen molar-refractivity contribution in [3.05, 3.63) is 35.9 Å². The number of hydrogen-bond acceptors (Lipinski definition) is 5. The summed E-state index contributed by atoms with van der Waals surface area (Å²) in [5.74, 6) is -2.22. The number of benzene rings is 1. The third kappa shape index (κ3) is 5.17. The highest BCUT2D eigenvalue weighted by Gasteiger charge is 2.45. The summed E-state index contributed by atoms with van der Waals surface area (Å²) in [5.41, 5.74) is 1.02. The van der Waals surface area contributed by atoms with Crippen LogP contribution in [0.2, 0.25) is 0 Å². The molecule has 1 aromatic carbocycles. The SMILES string of the molecule is C[C@H](NC(CCc1ccccc1)C(=O)O)C(=O)N1C2COCCC2CC[C@H]1C(=O)O. The van der Waals surface area contributed by atoms with Crippen LogP contribution in [0.15, 0.2) is 30.3 Å². The lowest BCUT2D eigenvalue weighted by atomic mass is 9.82. The molecule has 1 aromatic rings. The Morgan fingerprint density at radius 2 is 1.90 bits per heavy atom. The van der Waals surface area contributed by atoms with Crippen molar-refractivity contribution in [3.63, 3.8) is 0 Å². The van der Waals surface area contributed by atoms with Crippen LogP contribution in [0.25, 0.3) is 0 Å². The van der Waals surface area contributed by atoms with Crippen molar-refractivity contribution in [2.75, 3.05) is 13.2 Å². The number of amides is 1. The number of carbonyl (C=O) groups is 3. The van der Waals surface area contributed by atoms with E-state index in [4.69, 9.17) is 4.74 Å². The first-order valence-corrected chi connectivity index (χ1v) is 10.5. The highest BCUT2D eigenvalue weighted by molar-refractivity contribution is 5.88. The van der Waals surface area contributed by atoms with Gasteiger partial charge in [-0.15, -0.1) is 0 Å². The summed E-state index contributed by atoms with van der Waals surface area (Å²) >= 11 is 0. The van der Waals surface area contributed by atoms with E-state index >= 15 is 0 Å². The van der Waals surface area contributed by atoms with Gasteiger partial charge in [0.1, 0.15) is 12.1 Å². The molecule has 0 spiro atoms. The molecular weight excluding hydrogens is 388 g/mol. The van der Waals surface area contributed by atoms with Crippen molar-refractivity contribution >= 4 is 17.8 Å². The highest BCUT2D eigenvalue weighted by Crippen LogP contribution is 2.34. The van der Waals surface area contributed by atoms with Gasteiger partial charge in [-0.05, 0) is 50.5 Å². The molecule has 2 aliphatic rings. The number of piperidine rings is 1. The lowest BCUT2D eigenvalue weighted by Crippen LogP contribution is -2.63. The van der Waals surface area contributed by atoms with Crippen molar-refractivity contribution < 1.29 is 29.3 Å². The molecule has 8 heteroatoms. The number of rotatable bonds is 8. The normalized spacial score (nSPS) is 25.8. The van der Waals surface area contributed by atoms with E-state index in [0.717, 1.165) is 18.4 Å². The highest BCUT2D eigenvalue weighted by atomic mass is 16.5. The summed E-state index contributed by atoms with van der Waals surface area (Å²) in [6.07, 6.45) is 2.86. The molecule has 0 aromatic heterocycles. The van der Waals surface area contributed by atoms with Crippen LogP contribution in [0.5, 0.6) is 0 Å². The van der Waals surface area contributed by atoms with Crippen LogP contribution in [0.1, 0.15) is 38.2 Å². The number of carboxylic acids is 2. The van der Waals surface area contributed by atoms with Gasteiger partial charge in [-0.2, -0.15) is 0 Å². The van der Waals surface area contributed by atoms with E-state index in [2.05, 4.69) is 5.32 Å². The molecule has 0 radical (unpaired) electrons. The molecule has 3 N–H and O–H groups in total. The fourth-order valence-electron chi connectivity index (χ4n) is 4.54. The summed E-state index contributed by atoms with van der Waals surface area (Å²) in [7, 11) is 0. The summed E-state index contributed by atoms with van der Waals surface area (Å²) in [6, 6.07) is 6.65. The summed E-state index contributed by atoms with van der Waals surface area (Å²) in [5, 5.41) is 22.2. The molecule has 3 unspecified atom stereocenters. The van der Waals surface area contributed by atoms with Gasteiger partial charge in [0.25, 0.3) is 0 Å². The third-order valence-electron chi connectivity index (χ3n) is 6.19. The largest absolute Gasteiger partial charge is 0.480 e. The molecule has 8 nitrogen and oxygen atoms in total. The molecule has 5 atom stereocenters. The molecular formula is C22H30N2O6. The molecule has 30 heavy (non-hydrogen) atoms. The first-order valence-electron chi connectivity index (χ1n) is 10.5. The van der Waals surface area contributed by atoms with Gasteiger partial charge in [0.05, 0.1) is 18.7 Å². The first-order chi connectivity index (χ1) is 14.4. The maximum Gasteiger partial charge on any atom is 0.326 e. The van der Waals surface area contributed by atoms with Crippen molar-refractivity contribution in [1.82, 2.24) is 10.2 Å². The van der Waals surface area contributed by atoms with Crippen LogP contribution >= 0.6 is 0 Å². The second-order valence-electron chi connectivity index (χ2n) is 8.17. The number of likely N-dealkylation sites (tertiary alicyclic amines) is 1. The third-order valence-corrected chi connectivity index (χ3v) is 6.19. The number of nitrogens with one attached hydrogen (secondary N) is 1. The maximum absolute atomic E-state index is 13.3. The minimum Gasteiger partial charge on any atom is -0.480 e. The van der Waals surface area contributed by atoms with E-state index in [1.165, 1.54) is 4.90 Å². The smallest absolute Gasteiger partial charge is 0.326 e. The molecule has 2 heterocycles. The molecule has 2 fully saturated rings. The number of aryl methyl sites for hydroxylation is 1. The zero-order valence-corrected chi connectivity index (χ0v) is 17.2. The molecule has 2 saturated heterocycles. The lowest BCUT2D eigenvalue weighted by molar-refractivity contribution is -0.163. The van der Waals surface area contributed by atoms with Crippen LogP contribution in [-0.2, 0) is 25.5 Å². The Morgan fingerprint density at radius 3 is 2.57 bits per heavy atom. The van der Waals surface area contributed by atoms with Crippen molar-refractivity contribution in [1.29, 1.82) is 0 Å². The minimum absolute atomic E-state index is 0.221. The van der Waals surface area contributed by atoms with Crippen LogP contribution in [-0.4, -0.2) is 70.3 Å². The predicted molar refractivity (Wildman–Crippen MR) is 109 cm³/mol. The van der Waals surface area contributed by atoms with Crippen LogP contribution in [0.4, 0.5) is 0 Å². The van der Waals surface area contributed by atoms with Crippen LogP contribution in [0, 0.1) is 5.92 Å². The van der Waals surface area contributed by atoms with Gasteiger partial charge in [0, 0.05) is 6.61 Å². The zero-order valence-electron chi connectivity index (χ0n) is 17.2. The standard InChI is InChI=1S/C22H30N2O6/c1-14(23-17(21(26)27)9-7-15-5-3-2-4-6-15)20(25)24-18(22(28)29)10-8-16-11-12-30-13-19(16)24/h2-6,14,16-19,23H,7-13H2,1H3,(H,26,27)(H,28,29)/t14-,16?,17?,18-,19?/m0/s1. The average Bonchev–Trinajstić information content (AvgIpc) is 2.75. The number of ether oxygens (including phenoxy) is 1. The maximum atomic E-state index is 13.3. The number of carboxylic acid groups (broad SMARTS) is 2. The molecule has 2 aliphatic heterocycles. The van der Waals surface area contributed by atoms with E-state index in [1.54, 1.807) is 6.92 Å². The molecule has 0 aliphatic carbocycles. The number of carbonyl (C=O) groups excluding carboxylic acids is 1. The van der Waals surface area contributed by atoms with Gasteiger partial charge in [0.2, 0.25) is 5.91 Å². The monoisotopic (exact) mass is 418 g/mol. The fourth-order valence-corrected chi connectivity index (χ4v) is 4.54. The van der Waals surface area contributed by atoms with E-state index in [0.29, 0.717) is 32.5 Å².